The van der Waals surface area contributed by atoms with Gasteiger partial charge in [0.1, 0.15) is 11.4 Å². The predicted octanol–water partition coefficient (Wildman–Crippen LogP) is 3.98. The molecule has 7 heteroatoms. The second kappa shape index (κ2) is 5.95. The SMILES string of the molecule is CC(C)(C)Oc1ccc(C(N2NC(=O)CC2(C)C)C(F)(F)F)cc1. The Labute approximate surface area is 139 Å². The maximum Gasteiger partial charge on any atom is 0.409 e. The van der Waals surface area contributed by atoms with Gasteiger partial charge in [0.15, 0.2) is 6.04 Å². The molecular weight excluding hydrogens is 321 g/mol. The highest BCUT2D eigenvalue weighted by atomic mass is 19.4. The summed E-state index contributed by atoms with van der Waals surface area (Å²) in [6, 6.07) is 3.90. The fraction of sp³-hybridized carbons (Fsp3) is 0.588. The monoisotopic (exact) mass is 344 g/mol. The van der Waals surface area contributed by atoms with Crippen LogP contribution in [-0.2, 0) is 4.79 Å². The molecule has 0 bridgehead atoms. The molecule has 0 aliphatic carbocycles. The Morgan fingerprint density at radius 2 is 1.71 bits per heavy atom. The Balaban J connectivity index is 2.35. The summed E-state index contributed by atoms with van der Waals surface area (Å²) in [4.78, 5) is 11.6. The Hall–Kier alpha value is -1.76. The molecule has 4 nitrogen and oxygen atoms in total. The number of rotatable bonds is 3. The number of ether oxygens (including phenoxy) is 1. The number of halogens is 3. The fourth-order valence-electron chi connectivity index (χ4n) is 2.77. The van der Waals surface area contributed by atoms with E-state index in [-0.39, 0.29) is 12.0 Å². The van der Waals surface area contributed by atoms with Gasteiger partial charge in [0, 0.05) is 12.0 Å². The zero-order chi connectivity index (χ0) is 18.3. The minimum absolute atomic E-state index is 0.0186. The van der Waals surface area contributed by atoms with Gasteiger partial charge in [0.2, 0.25) is 5.91 Å². The first kappa shape index (κ1) is 18.6. The molecule has 1 heterocycles. The van der Waals surface area contributed by atoms with Crippen LogP contribution in [0.5, 0.6) is 5.75 Å². The second-order valence-corrected chi connectivity index (χ2v) is 7.62. The first-order chi connectivity index (χ1) is 10.8. The largest absolute Gasteiger partial charge is 0.488 e. The fourth-order valence-corrected chi connectivity index (χ4v) is 2.77. The minimum atomic E-state index is -4.53. The Bertz CT molecular complexity index is 604. The Kier molecular flexibility index (Phi) is 4.61. The topological polar surface area (TPSA) is 41.6 Å². The van der Waals surface area contributed by atoms with E-state index in [9.17, 15) is 18.0 Å². The molecule has 0 spiro atoms. The van der Waals surface area contributed by atoms with E-state index in [2.05, 4.69) is 5.43 Å². The van der Waals surface area contributed by atoms with Crippen LogP contribution in [0.1, 0.15) is 52.6 Å². The third kappa shape index (κ3) is 4.20. The van der Waals surface area contributed by atoms with E-state index in [1.807, 2.05) is 20.8 Å². The lowest BCUT2D eigenvalue weighted by Gasteiger charge is -2.38. The Morgan fingerprint density at radius 1 is 1.17 bits per heavy atom. The van der Waals surface area contributed by atoms with Crippen molar-refractivity contribution in [1.29, 1.82) is 0 Å². The minimum Gasteiger partial charge on any atom is -0.488 e. The summed E-state index contributed by atoms with van der Waals surface area (Å²) in [5.74, 6) is 0.0822. The van der Waals surface area contributed by atoms with Gasteiger partial charge in [-0.15, -0.1) is 0 Å². The van der Waals surface area contributed by atoms with E-state index >= 15 is 0 Å². The maximum atomic E-state index is 13.7. The van der Waals surface area contributed by atoms with Crippen LogP contribution in [0.3, 0.4) is 0 Å². The summed E-state index contributed by atoms with van der Waals surface area (Å²) in [6.07, 6.45) is -4.51. The molecule has 1 N–H and O–H groups in total. The van der Waals surface area contributed by atoms with Gasteiger partial charge in [0.25, 0.3) is 0 Å². The van der Waals surface area contributed by atoms with E-state index in [0.29, 0.717) is 5.75 Å². The van der Waals surface area contributed by atoms with E-state index in [1.54, 1.807) is 13.8 Å². The van der Waals surface area contributed by atoms with Crippen molar-refractivity contribution in [3.8, 4) is 5.75 Å². The molecule has 1 amide bonds. The summed E-state index contributed by atoms with van der Waals surface area (Å²) in [7, 11) is 0. The van der Waals surface area contributed by atoms with Crippen molar-refractivity contribution in [2.24, 2.45) is 0 Å². The van der Waals surface area contributed by atoms with Crippen molar-refractivity contribution in [2.45, 2.75) is 64.4 Å². The summed E-state index contributed by atoms with van der Waals surface area (Å²) in [5.41, 5.74) is 1.03. The second-order valence-electron chi connectivity index (χ2n) is 7.62. The quantitative estimate of drug-likeness (QED) is 0.902. The third-order valence-corrected chi connectivity index (χ3v) is 3.68. The standard InChI is InChI=1S/C17H23F3N2O2/c1-15(2,3)24-12-8-6-11(7-9-12)14(17(18,19)20)22-16(4,5)10-13(23)21-22/h6-9,14H,10H2,1-5H3,(H,21,23). The van der Waals surface area contributed by atoms with E-state index < -0.39 is 29.3 Å². The first-order valence-electron chi connectivity index (χ1n) is 7.74. The average molecular weight is 344 g/mol. The predicted molar refractivity (Wildman–Crippen MR) is 84.3 cm³/mol. The van der Waals surface area contributed by atoms with Crippen LogP contribution in [0.25, 0.3) is 0 Å². The number of alkyl halides is 3. The zero-order valence-corrected chi connectivity index (χ0v) is 14.5. The molecule has 1 fully saturated rings. The molecule has 1 saturated heterocycles. The van der Waals surface area contributed by atoms with Crippen molar-refractivity contribution in [2.75, 3.05) is 0 Å². The summed E-state index contributed by atoms with van der Waals surface area (Å²) < 4.78 is 46.7. The number of hydrogen-bond donors (Lipinski definition) is 1. The van der Waals surface area contributed by atoms with Crippen molar-refractivity contribution in [1.82, 2.24) is 10.4 Å². The number of carbonyl (C=O) groups excluding carboxylic acids is 1. The van der Waals surface area contributed by atoms with E-state index in [1.165, 1.54) is 24.3 Å². The number of hydrogen-bond acceptors (Lipinski definition) is 3. The number of nitrogens with one attached hydrogen (secondary N) is 1. The lowest BCUT2D eigenvalue weighted by atomic mass is 9.97. The van der Waals surface area contributed by atoms with E-state index in [0.717, 1.165) is 5.01 Å². The molecule has 1 aromatic rings. The van der Waals surface area contributed by atoms with Crippen molar-refractivity contribution < 1.29 is 22.7 Å². The highest BCUT2D eigenvalue weighted by Gasteiger charge is 2.52. The molecule has 1 aromatic carbocycles. The highest BCUT2D eigenvalue weighted by molar-refractivity contribution is 5.79. The zero-order valence-electron chi connectivity index (χ0n) is 14.5. The number of benzene rings is 1. The summed E-state index contributed by atoms with van der Waals surface area (Å²) in [5, 5.41) is 0.995. The third-order valence-electron chi connectivity index (χ3n) is 3.68. The molecule has 1 unspecified atom stereocenters. The number of nitrogens with zero attached hydrogens (tertiary/aromatic N) is 1. The van der Waals surface area contributed by atoms with Crippen LogP contribution in [0.4, 0.5) is 13.2 Å². The van der Waals surface area contributed by atoms with E-state index in [4.69, 9.17) is 4.74 Å². The average Bonchev–Trinajstić information content (AvgIpc) is 2.61. The molecule has 2 rings (SSSR count). The molecule has 0 saturated carbocycles. The normalized spacial score (nSPS) is 19.9. The van der Waals surface area contributed by atoms with Gasteiger partial charge < -0.3 is 4.74 Å². The number of amides is 1. The van der Waals surface area contributed by atoms with Crippen molar-refractivity contribution in [3.05, 3.63) is 29.8 Å². The van der Waals surface area contributed by atoms with Gasteiger partial charge in [0.05, 0.1) is 0 Å². The van der Waals surface area contributed by atoms with Gasteiger partial charge in [-0.2, -0.15) is 18.2 Å². The molecule has 1 atom stereocenters. The number of hydrazine groups is 1. The van der Waals surface area contributed by atoms with Crippen LogP contribution in [0.2, 0.25) is 0 Å². The van der Waals surface area contributed by atoms with Gasteiger partial charge in [-0.1, -0.05) is 12.1 Å². The molecule has 24 heavy (non-hydrogen) atoms. The lowest BCUT2D eigenvalue weighted by molar-refractivity contribution is -0.203. The van der Waals surface area contributed by atoms with Gasteiger partial charge in [-0.25, -0.2) is 0 Å². The molecular formula is C17H23F3N2O2. The molecule has 1 aliphatic rings. The molecule has 134 valence electrons. The van der Waals surface area contributed by atoms with Gasteiger partial charge >= 0.3 is 6.18 Å². The van der Waals surface area contributed by atoms with Gasteiger partial charge in [-0.3, -0.25) is 10.2 Å². The molecule has 1 aliphatic heterocycles. The summed E-state index contributed by atoms with van der Waals surface area (Å²) >= 11 is 0. The number of carbonyl (C=O) groups is 1. The maximum absolute atomic E-state index is 13.7. The Morgan fingerprint density at radius 3 is 2.08 bits per heavy atom. The van der Waals surface area contributed by atoms with Crippen molar-refractivity contribution in [3.63, 3.8) is 0 Å². The smallest absolute Gasteiger partial charge is 0.409 e. The molecule has 0 radical (unpaired) electrons. The van der Waals surface area contributed by atoms with Crippen LogP contribution < -0.4 is 10.2 Å². The van der Waals surface area contributed by atoms with Crippen LogP contribution in [-0.4, -0.2) is 28.2 Å². The first-order valence-corrected chi connectivity index (χ1v) is 7.74. The highest BCUT2D eigenvalue weighted by Crippen LogP contribution is 2.43. The van der Waals surface area contributed by atoms with Crippen molar-refractivity contribution >= 4 is 5.91 Å². The lowest BCUT2D eigenvalue weighted by Crippen LogP contribution is -2.51. The van der Waals surface area contributed by atoms with Crippen LogP contribution in [0.15, 0.2) is 24.3 Å². The molecule has 0 aromatic heterocycles. The van der Waals surface area contributed by atoms with Gasteiger partial charge in [-0.05, 0) is 52.3 Å². The van der Waals surface area contributed by atoms with Crippen LogP contribution in [0, 0.1) is 0 Å². The summed E-state index contributed by atoms with van der Waals surface area (Å²) in [6.45, 7) is 8.81. The van der Waals surface area contributed by atoms with Crippen LogP contribution >= 0.6 is 0 Å².